The van der Waals surface area contributed by atoms with E-state index in [1.807, 2.05) is 13.8 Å². The number of halogens is 10. The molecule has 0 unspecified atom stereocenters. The number of carbonyl (C=O) groups is 4. The molecule has 4 amide bonds. The summed E-state index contributed by atoms with van der Waals surface area (Å²) in [5.74, 6) is -5.57. The number of hydrogen-bond acceptors (Lipinski definition) is 20. The van der Waals surface area contributed by atoms with Crippen molar-refractivity contribution in [1.29, 1.82) is 0 Å². The van der Waals surface area contributed by atoms with Gasteiger partial charge in [-0.15, -0.1) is 0 Å². The van der Waals surface area contributed by atoms with E-state index >= 15 is 0 Å². The van der Waals surface area contributed by atoms with E-state index in [-0.39, 0.29) is 206 Å². The van der Waals surface area contributed by atoms with E-state index in [0.717, 1.165) is 23.3 Å². The van der Waals surface area contributed by atoms with Crippen LogP contribution in [0.2, 0.25) is 20.1 Å². The topological polar surface area (TPSA) is 389 Å². The summed E-state index contributed by atoms with van der Waals surface area (Å²) in [4.78, 5) is 80.4. The van der Waals surface area contributed by atoms with E-state index in [4.69, 9.17) is 46.4 Å². The molecule has 4 aliphatic heterocycles. The Balaban J connectivity index is 0.000000155. The Labute approximate surface area is 814 Å². The summed E-state index contributed by atoms with van der Waals surface area (Å²) < 4.78 is 203. The quantitative estimate of drug-likeness (QED) is 0.0408. The molecule has 0 radical (unpaired) electrons. The van der Waals surface area contributed by atoms with Gasteiger partial charge >= 0.3 is 0 Å². The van der Waals surface area contributed by atoms with E-state index in [2.05, 4.69) is 61.3 Å². The number of carbonyl (C=O) groups excluding carboxylic acids is 4. The fourth-order valence-electron chi connectivity index (χ4n) is 17.0. The van der Waals surface area contributed by atoms with Gasteiger partial charge < -0.3 is 35.0 Å². The third-order valence-corrected chi connectivity index (χ3v) is 33.7. The van der Waals surface area contributed by atoms with Crippen LogP contribution in [0, 0.1) is 62.6 Å². The number of rotatable bonds is 24. The third-order valence-electron chi connectivity index (χ3n) is 25.0. The molecule has 4 aromatic carbocycles. The molecule has 4 N–H and O–H groups in total. The monoisotopic (exact) mass is 2060 g/mol. The Morgan fingerprint density at radius 1 is 0.355 bits per heavy atom. The second kappa shape index (κ2) is 43.1. The zero-order valence-electron chi connectivity index (χ0n) is 75.9. The fraction of sp³-hybridized carbons (Fsp3) is 0.348. The number of aryl methyl sites for hydroxylation is 8. The predicted octanol–water partition coefficient (Wildman–Crippen LogP) is 12.6. The minimum absolute atomic E-state index is 0.00293. The molecule has 0 saturated carbocycles. The maximum absolute atomic E-state index is 14.8. The van der Waals surface area contributed by atoms with Crippen LogP contribution in [0.1, 0.15) is 138 Å². The number of hydrogen-bond donors (Lipinski definition) is 4. The van der Waals surface area contributed by atoms with Crippen LogP contribution >= 0.6 is 46.4 Å². The maximum atomic E-state index is 14.8. The lowest BCUT2D eigenvalue weighted by molar-refractivity contribution is 0.0920. The van der Waals surface area contributed by atoms with Gasteiger partial charge in [0.25, 0.3) is 53.7 Å². The predicted molar refractivity (Wildman–Crippen MR) is 502 cm³/mol. The Bertz CT molecular complexity index is 6830. The normalized spacial score (nSPS) is 16.3. The summed E-state index contributed by atoms with van der Waals surface area (Å²) in [6, 6.07) is 26.4. The molecule has 732 valence electrons. The van der Waals surface area contributed by atoms with E-state index < -0.39 is 108 Å². The van der Waals surface area contributed by atoms with Crippen molar-refractivity contribution in [1.82, 2.24) is 96.9 Å². The van der Waals surface area contributed by atoms with Gasteiger partial charge in [-0.05, 0) is 192 Å². The number of nitrogens with one attached hydrogen (secondary N) is 4. The lowest BCUT2D eigenvalue weighted by Gasteiger charge is -2.41. The van der Waals surface area contributed by atoms with Crippen LogP contribution in [0.5, 0.6) is 0 Å². The van der Waals surface area contributed by atoms with Crippen molar-refractivity contribution >= 4 is 110 Å². The highest BCUT2D eigenvalue weighted by Crippen LogP contribution is 2.43. The number of benzene rings is 4. The molecule has 12 aromatic rings. The Morgan fingerprint density at radius 3 is 0.964 bits per heavy atom. The van der Waals surface area contributed by atoms with Crippen LogP contribution in [-0.2, 0) is 89.9 Å². The van der Waals surface area contributed by atoms with Gasteiger partial charge in [0.15, 0.2) is 15.1 Å². The summed E-state index contributed by atoms with van der Waals surface area (Å²) in [7, 11) is -8.51. The third kappa shape index (κ3) is 23.0. The van der Waals surface area contributed by atoms with Gasteiger partial charge in [0.1, 0.15) is 39.8 Å². The van der Waals surface area contributed by atoms with Crippen molar-refractivity contribution in [2.75, 3.05) is 78.5 Å². The highest BCUT2D eigenvalue weighted by atomic mass is 35.5. The van der Waals surface area contributed by atoms with Gasteiger partial charge in [0.2, 0.25) is 10.0 Å². The van der Waals surface area contributed by atoms with Gasteiger partial charge in [0.05, 0.1) is 90.3 Å². The number of imidazole rings is 3. The molecule has 4 fully saturated rings. The van der Waals surface area contributed by atoms with Crippen molar-refractivity contribution in [2.45, 2.75) is 121 Å². The van der Waals surface area contributed by atoms with Crippen LogP contribution in [0.3, 0.4) is 0 Å². The molecule has 4 aliphatic rings. The second-order valence-corrected chi connectivity index (χ2v) is 43.6. The standard InChI is InChI=1S/2C23H24ClF2N5O3S.2C23H25ClFN5O3S/c1-15-10-17(24)16(11-19(15)26)22(32)28-13-23(21-18(25)4-3-7-27-21)5-8-31(9-6-23)35(33,34)20-12-30(2)14-29-20;1-15-5-6-16(25)19(20(15)24)22(32)28-13-23(21-17(26)4-3-9-27-21)7-10-31(11-8-23)35(33,34)18-12-30(2)14-29-18;1-16-5-6-18(19(24)12-16)22(31)27-15-23(21-20(25)4-3-9-26-21)7-10-30(11-8-23)34(32,33)17-13-28-29(2)14-17;1-16-5-6-17(18(24)12-16)22(31)27-14-23(21-19(25)4-3-9-26-21)7-10-30(11-8-23)34(32,33)20-13-29(2)15-28-20/h3-4,7,10-12,14H,5-6,8-9,13H2,1-2H3,(H,28,32);3-6,9,12,14H,7-8,10-11,13H2,1-2H3,(H,28,32);3-6,9,12-14H,7-8,10-11,15H2,1-2H3,(H,27,31);3-6,9,12-13,15H,7-8,10-11,14H2,1-2H3,(H,27,31). The minimum atomic E-state index is -3.84. The molecule has 8 aromatic heterocycles. The lowest BCUT2D eigenvalue weighted by atomic mass is 9.75. The molecular formula is C92H98Cl4F6N20O12S4. The molecule has 12 heterocycles. The minimum Gasteiger partial charge on any atom is -0.351 e. The average molecular weight is 2060 g/mol. The van der Waals surface area contributed by atoms with E-state index in [9.17, 15) is 79.2 Å². The van der Waals surface area contributed by atoms with Crippen molar-refractivity contribution in [3.8, 4) is 0 Å². The molecule has 0 atom stereocenters. The highest BCUT2D eigenvalue weighted by molar-refractivity contribution is 7.90. The van der Waals surface area contributed by atoms with Crippen molar-refractivity contribution in [2.24, 2.45) is 28.2 Å². The lowest BCUT2D eigenvalue weighted by Crippen LogP contribution is -2.51. The highest BCUT2D eigenvalue weighted by Gasteiger charge is 2.49. The fourth-order valence-corrected chi connectivity index (χ4v) is 23.9. The molecule has 32 nitrogen and oxygen atoms in total. The number of nitrogens with zero attached hydrogens (tertiary/aromatic N) is 16. The van der Waals surface area contributed by atoms with E-state index in [0.29, 0.717) is 32.3 Å². The summed E-state index contributed by atoms with van der Waals surface area (Å²) in [6.07, 6.45) is 19.0. The molecule has 0 aliphatic carbocycles. The molecule has 138 heavy (non-hydrogen) atoms. The summed E-state index contributed by atoms with van der Waals surface area (Å²) >= 11 is 24.8. The summed E-state index contributed by atoms with van der Waals surface area (Å²) in [5.41, 5.74) is -0.0712. The average Bonchev–Trinajstić information content (AvgIpc) is 1.11. The maximum Gasteiger partial charge on any atom is 0.262 e. The first-order valence-electron chi connectivity index (χ1n) is 43.3. The molecule has 46 heteroatoms. The van der Waals surface area contributed by atoms with Crippen molar-refractivity contribution < 1.29 is 79.2 Å². The zero-order valence-corrected chi connectivity index (χ0v) is 82.2. The van der Waals surface area contributed by atoms with Crippen LogP contribution in [-0.4, -0.2) is 211 Å². The number of piperidine rings is 4. The number of aromatic nitrogens is 12. The van der Waals surface area contributed by atoms with Gasteiger partial charge in [-0.3, -0.25) is 43.8 Å². The number of sulfonamides is 4. The zero-order chi connectivity index (χ0) is 99.8. The van der Waals surface area contributed by atoms with Gasteiger partial charge in [-0.1, -0.05) is 64.6 Å². The molecule has 16 rings (SSSR count). The van der Waals surface area contributed by atoms with Crippen molar-refractivity contribution in [3.63, 3.8) is 0 Å². The number of pyridine rings is 4. The van der Waals surface area contributed by atoms with Crippen LogP contribution in [0.4, 0.5) is 26.3 Å². The van der Waals surface area contributed by atoms with E-state index in [1.165, 1.54) is 169 Å². The molecule has 4 saturated heterocycles. The first-order chi connectivity index (χ1) is 65.3. The van der Waals surface area contributed by atoms with Gasteiger partial charge in [-0.2, -0.15) is 22.3 Å². The van der Waals surface area contributed by atoms with Gasteiger partial charge in [0, 0.05) is 178 Å². The summed E-state index contributed by atoms with van der Waals surface area (Å²) in [6.45, 7) is 7.82. The molecular weight excluding hydrogens is 1960 g/mol. The molecule has 0 spiro atoms. The first-order valence-corrected chi connectivity index (χ1v) is 50.5. The Kier molecular flexibility index (Phi) is 32.5. The van der Waals surface area contributed by atoms with Crippen LogP contribution in [0.15, 0.2) is 204 Å². The molecule has 0 bridgehead atoms. The number of amides is 4. The van der Waals surface area contributed by atoms with Gasteiger partial charge in [-0.25, -0.2) is 75.0 Å². The Morgan fingerprint density at radius 2 is 0.667 bits per heavy atom. The van der Waals surface area contributed by atoms with Crippen LogP contribution in [0.25, 0.3) is 0 Å². The summed E-state index contributed by atoms with van der Waals surface area (Å²) in [5, 5.41) is 15.7. The largest absolute Gasteiger partial charge is 0.351 e. The van der Waals surface area contributed by atoms with Crippen LogP contribution < -0.4 is 21.3 Å². The van der Waals surface area contributed by atoms with E-state index in [1.54, 1.807) is 80.6 Å². The first kappa shape index (κ1) is 104. The second-order valence-electron chi connectivity index (χ2n) is 34.4. The smallest absolute Gasteiger partial charge is 0.262 e. The SMILES string of the molecule is Cc1cc(Cl)c(C(=O)NCC2(c3ncccc3F)CCN(S(=O)(=O)c3cn(C)cn3)CC2)cc1F.Cc1ccc(C(=O)NCC2(c3ncccc3F)CCN(S(=O)(=O)c3cn(C)cn3)CC2)c(Cl)c1.Cc1ccc(C(=O)NCC2(c3ncccc3F)CCN(S(=O)(=O)c3cnn(C)c3)CC2)c(Cl)c1.Cc1ccc(F)c(C(=O)NCC2(c3ncccc3F)CCN(S(=O)(=O)c3cn(C)cn3)CC2)c1Cl. The Hall–Kier alpha value is -11.4. The van der Waals surface area contributed by atoms with Crippen molar-refractivity contribution in [3.05, 3.63) is 306 Å².